The highest BCUT2D eigenvalue weighted by molar-refractivity contribution is 5.65. The number of allylic oxidation sites excluding steroid dienone is 1. The van der Waals surface area contributed by atoms with Crippen LogP contribution in [0.5, 0.6) is 11.6 Å². The maximum atomic E-state index is 10.6. The zero-order chi connectivity index (χ0) is 22.9. The fraction of sp³-hybridized carbons (Fsp3) is 0.370. The highest BCUT2D eigenvalue weighted by Crippen LogP contribution is 2.34. The Morgan fingerprint density at radius 2 is 1.78 bits per heavy atom. The molecule has 2 atom stereocenters. The van der Waals surface area contributed by atoms with Crippen molar-refractivity contribution in [3.63, 3.8) is 0 Å². The number of ether oxygens (including phenoxy) is 1. The fourth-order valence-corrected chi connectivity index (χ4v) is 3.78. The standard InChI is InChI=1S/C27H35N3O2/c1-5-7-16-23(31)19-30(21(3)6-2)20-25-26(22-14-10-8-11-15-22)28-29(4)27(25)32-24-17-12-9-13-18-24/h5,8-15,17-18,21,23,31H,1,6-7,16,19-20H2,2-4H3/t21-,23+/m0/s1. The summed E-state index contributed by atoms with van der Waals surface area (Å²) < 4.78 is 8.14. The molecule has 1 heterocycles. The minimum atomic E-state index is -0.405. The van der Waals surface area contributed by atoms with Gasteiger partial charge in [-0.1, -0.05) is 61.5 Å². The minimum Gasteiger partial charge on any atom is -0.439 e. The monoisotopic (exact) mass is 433 g/mol. The average Bonchev–Trinajstić information content (AvgIpc) is 3.12. The maximum Gasteiger partial charge on any atom is 0.222 e. The van der Waals surface area contributed by atoms with E-state index in [2.05, 4.69) is 37.5 Å². The van der Waals surface area contributed by atoms with Crippen LogP contribution in [-0.2, 0) is 13.6 Å². The van der Waals surface area contributed by atoms with Crippen molar-refractivity contribution in [2.75, 3.05) is 6.54 Å². The second-order valence-electron chi connectivity index (χ2n) is 8.24. The lowest BCUT2D eigenvalue weighted by Gasteiger charge is -2.30. The summed E-state index contributed by atoms with van der Waals surface area (Å²) in [6.45, 7) is 9.39. The molecule has 3 aromatic rings. The number of aromatic nitrogens is 2. The van der Waals surface area contributed by atoms with Crippen LogP contribution in [0.15, 0.2) is 73.3 Å². The SMILES string of the molecule is C=CCC[C@@H](O)CN(Cc1c(-c2ccccc2)nn(C)c1Oc1ccccc1)[C@@H](C)CC. The van der Waals surface area contributed by atoms with Gasteiger partial charge in [0.25, 0.3) is 0 Å². The topological polar surface area (TPSA) is 50.5 Å². The van der Waals surface area contributed by atoms with Crippen LogP contribution in [0, 0.1) is 0 Å². The number of benzene rings is 2. The van der Waals surface area contributed by atoms with E-state index in [1.54, 1.807) is 0 Å². The summed E-state index contributed by atoms with van der Waals surface area (Å²) in [7, 11) is 1.92. The molecule has 2 aromatic carbocycles. The Morgan fingerprint density at radius 3 is 2.41 bits per heavy atom. The van der Waals surface area contributed by atoms with E-state index in [0.717, 1.165) is 41.3 Å². The van der Waals surface area contributed by atoms with Gasteiger partial charge >= 0.3 is 0 Å². The summed E-state index contributed by atoms with van der Waals surface area (Å²) in [5, 5.41) is 15.5. The number of rotatable bonds is 12. The number of hydrogen-bond donors (Lipinski definition) is 1. The van der Waals surface area contributed by atoms with E-state index in [9.17, 15) is 5.11 Å². The molecule has 0 aliphatic carbocycles. The Morgan fingerprint density at radius 1 is 1.12 bits per heavy atom. The predicted molar refractivity (Wildman–Crippen MR) is 131 cm³/mol. The molecule has 0 unspecified atom stereocenters. The van der Waals surface area contributed by atoms with Gasteiger partial charge in [-0.05, 0) is 38.3 Å². The minimum absolute atomic E-state index is 0.307. The number of aliphatic hydroxyl groups is 1. The summed E-state index contributed by atoms with van der Waals surface area (Å²) in [5.41, 5.74) is 2.99. The van der Waals surface area contributed by atoms with Gasteiger partial charge in [0, 0.05) is 31.7 Å². The molecule has 0 amide bonds. The molecule has 0 aliphatic rings. The molecule has 0 saturated carbocycles. The highest BCUT2D eigenvalue weighted by Gasteiger charge is 2.25. The van der Waals surface area contributed by atoms with E-state index in [1.165, 1.54) is 0 Å². The fourth-order valence-electron chi connectivity index (χ4n) is 3.78. The third-order valence-corrected chi connectivity index (χ3v) is 5.82. The van der Waals surface area contributed by atoms with Gasteiger partial charge in [0.15, 0.2) is 0 Å². The summed E-state index contributed by atoms with van der Waals surface area (Å²) in [5.74, 6) is 1.50. The molecule has 32 heavy (non-hydrogen) atoms. The van der Waals surface area contributed by atoms with Gasteiger partial charge in [0.1, 0.15) is 11.4 Å². The molecule has 0 aliphatic heterocycles. The zero-order valence-corrected chi connectivity index (χ0v) is 19.4. The Balaban J connectivity index is 1.99. The molecule has 5 heteroatoms. The van der Waals surface area contributed by atoms with Crippen molar-refractivity contribution in [3.8, 4) is 22.9 Å². The van der Waals surface area contributed by atoms with Crippen LogP contribution in [0.25, 0.3) is 11.3 Å². The second-order valence-corrected chi connectivity index (χ2v) is 8.24. The first-order valence-electron chi connectivity index (χ1n) is 11.4. The Labute approximate surface area is 192 Å². The van der Waals surface area contributed by atoms with Gasteiger partial charge in [0.2, 0.25) is 5.88 Å². The van der Waals surface area contributed by atoms with Crippen LogP contribution in [0.3, 0.4) is 0 Å². The number of hydrogen-bond acceptors (Lipinski definition) is 4. The van der Waals surface area contributed by atoms with Crippen LogP contribution in [0.4, 0.5) is 0 Å². The first-order valence-corrected chi connectivity index (χ1v) is 11.4. The second kappa shape index (κ2) is 11.7. The van der Waals surface area contributed by atoms with E-state index >= 15 is 0 Å². The van der Waals surface area contributed by atoms with Crippen molar-refractivity contribution in [1.29, 1.82) is 0 Å². The first kappa shape index (κ1) is 23.8. The molecule has 0 fully saturated rings. The van der Waals surface area contributed by atoms with Crippen molar-refractivity contribution >= 4 is 0 Å². The third kappa shape index (κ3) is 6.09. The molecule has 3 rings (SSSR count). The molecular formula is C27H35N3O2. The molecule has 5 nitrogen and oxygen atoms in total. The lowest BCUT2D eigenvalue weighted by Crippen LogP contribution is -2.38. The third-order valence-electron chi connectivity index (χ3n) is 5.82. The smallest absolute Gasteiger partial charge is 0.222 e. The van der Waals surface area contributed by atoms with E-state index in [4.69, 9.17) is 9.84 Å². The van der Waals surface area contributed by atoms with Gasteiger partial charge in [-0.25, -0.2) is 4.68 Å². The largest absolute Gasteiger partial charge is 0.439 e. The van der Waals surface area contributed by atoms with Crippen molar-refractivity contribution in [3.05, 3.63) is 78.9 Å². The Bertz CT molecular complexity index is 969. The normalized spacial score (nSPS) is 13.2. The molecule has 1 N–H and O–H groups in total. The van der Waals surface area contributed by atoms with Gasteiger partial charge in [-0.3, -0.25) is 4.90 Å². The van der Waals surface area contributed by atoms with Crippen LogP contribution >= 0.6 is 0 Å². The molecule has 0 saturated heterocycles. The number of para-hydroxylation sites is 1. The van der Waals surface area contributed by atoms with Gasteiger partial charge < -0.3 is 9.84 Å². The molecular weight excluding hydrogens is 398 g/mol. The van der Waals surface area contributed by atoms with Gasteiger partial charge in [-0.15, -0.1) is 6.58 Å². The summed E-state index contributed by atoms with van der Waals surface area (Å²) in [4.78, 5) is 2.33. The lowest BCUT2D eigenvalue weighted by molar-refractivity contribution is 0.0796. The molecule has 0 radical (unpaired) electrons. The molecule has 1 aromatic heterocycles. The van der Waals surface area contributed by atoms with Gasteiger partial charge in [0.05, 0.1) is 11.7 Å². The van der Waals surface area contributed by atoms with Crippen LogP contribution in [-0.4, -0.2) is 38.5 Å². The summed E-state index contributed by atoms with van der Waals surface area (Å²) >= 11 is 0. The first-order chi connectivity index (χ1) is 15.5. The summed E-state index contributed by atoms with van der Waals surface area (Å²) in [6, 6.07) is 20.3. The average molecular weight is 434 g/mol. The number of nitrogens with zero attached hydrogens (tertiary/aromatic N) is 3. The highest BCUT2D eigenvalue weighted by atomic mass is 16.5. The van der Waals surface area contributed by atoms with Gasteiger partial charge in [-0.2, -0.15) is 5.10 Å². The van der Waals surface area contributed by atoms with Crippen molar-refractivity contribution < 1.29 is 9.84 Å². The van der Waals surface area contributed by atoms with Crippen molar-refractivity contribution in [2.24, 2.45) is 7.05 Å². The Hall–Kier alpha value is -2.89. The summed E-state index contributed by atoms with van der Waals surface area (Å²) in [6.07, 6.45) is 3.96. The molecule has 0 spiro atoms. The lowest BCUT2D eigenvalue weighted by atomic mass is 10.1. The molecule has 0 bridgehead atoms. The van der Waals surface area contributed by atoms with E-state index in [1.807, 2.05) is 66.3 Å². The maximum absolute atomic E-state index is 10.6. The van der Waals surface area contributed by atoms with Crippen LogP contribution in [0.1, 0.15) is 38.7 Å². The quantitative estimate of drug-likeness (QED) is 0.366. The molecule has 170 valence electrons. The predicted octanol–water partition coefficient (Wildman–Crippen LogP) is 5.81. The Kier molecular flexibility index (Phi) is 8.65. The zero-order valence-electron chi connectivity index (χ0n) is 19.4. The van der Waals surface area contributed by atoms with E-state index < -0.39 is 6.10 Å². The van der Waals surface area contributed by atoms with Crippen molar-refractivity contribution in [2.45, 2.75) is 51.8 Å². The van der Waals surface area contributed by atoms with E-state index in [0.29, 0.717) is 25.6 Å². The van der Waals surface area contributed by atoms with Crippen LogP contribution in [0.2, 0.25) is 0 Å². The van der Waals surface area contributed by atoms with Crippen molar-refractivity contribution in [1.82, 2.24) is 14.7 Å². The van der Waals surface area contributed by atoms with E-state index in [-0.39, 0.29) is 0 Å². The number of aliphatic hydroxyl groups excluding tert-OH is 1. The number of aryl methyl sites for hydroxylation is 1. The van der Waals surface area contributed by atoms with Crippen LogP contribution < -0.4 is 4.74 Å².